The van der Waals surface area contributed by atoms with Crippen LogP contribution in [-0.2, 0) is 11.8 Å². The Morgan fingerprint density at radius 1 is 1.71 bits per heavy atom. The zero-order valence-corrected chi connectivity index (χ0v) is 8.16. The second-order valence-electron chi connectivity index (χ2n) is 3.60. The van der Waals surface area contributed by atoms with Crippen molar-refractivity contribution in [2.75, 3.05) is 11.9 Å². The van der Waals surface area contributed by atoms with Crippen molar-refractivity contribution < 1.29 is 4.79 Å². The topological polar surface area (TPSA) is 59.0 Å². The van der Waals surface area contributed by atoms with Gasteiger partial charge in [0.15, 0.2) is 0 Å². The molecule has 1 aliphatic carbocycles. The summed E-state index contributed by atoms with van der Waals surface area (Å²) < 4.78 is 1.70. The van der Waals surface area contributed by atoms with Gasteiger partial charge in [-0.05, 0) is 12.8 Å². The molecular weight excluding hydrogens is 180 g/mol. The summed E-state index contributed by atoms with van der Waals surface area (Å²) >= 11 is 0. The van der Waals surface area contributed by atoms with Crippen molar-refractivity contribution in [2.45, 2.75) is 18.9 Å². The number of nitrogens with zero attached hydrogens (tertiary/aromatic N) is 2. The van der Waals surface area contributed by atoms with Crippen LogP contribution in [0.1, 0.15) is 12.8 Å². The van der Waals surface area contributed by atoms with Crippen molar-refractivity contribution in [1.29, 1.82) is 0 Å². The van der Waals surface area contributed by atoms with E-state index in [-0.39, 0.29) is 5.91 Å². The first-order valence-corrected chi connectivity index (χ1v) is 4.76. The fourth-order valence-electron chi connectivity index (χ4n) is 1.20. The molecule has 14 heavy (non-hydrogen) atoms. The standard InChI is InChI=1S/C9H14N4O/c1-13-6-8(4-11-13)10-5-9(14)12-7-2-3-7/h4,6-7,10H,2-3,5H2,1H3,(H,12,14). The molecule has 0 aliphatic heterocycles. The van der Waals surface area contributed by atoms with Crippen LogP contribution >= 0.6 is 0 Å². The van der Waals surface area contributed by atoms with E-state index < -0.39 is 0 Å². The molecule has 5 nitrogen and oxygen atoms in total. The summed E-state index contributed by atoms with van der Waals surface area (Å²) in [6, 6.07) is 0.429. The van der Waals surface area contributed by atoms with Crippen LogP contribution < -0.4 is 10.6 Å². The largest absolute Gasteiger partial charge is 0.374 e. The molecular formula is C9H14N4O. The van der Waals surface area contributed by atoms with Crippen molar-refractivity contribution in [3.05, 3.63) is 12.4 Å². The van der Waals surface area contributed by atoms with E-state index in [0.717, 1.165) is 18.5 Å². The summed E-state index contributed by atoms with van der Waals surface area (Å²) in [5, 5.41) is 9.90. The van der Waals surface area contributed by atoms with Crippen LogP contribution in [0.25, 0.3) is 0 Å². The lowest BCUT2D eigenvalue weighted by atomic mass is 10.5. The lowest BCUT2D eigenvalue weighted by Crippen LogP contribution is -2.31. The first-order valence-electron chi connectivity index (χ1n) is 4.76. The number of nitrogens with one attached hydrogen (secondary N) is 2. The Labute approximate surface area is 82.5 Å². The number of rotatable bonds is 4. The highest BCUT2D eigenvalue weighted by atomic mass is 16.2. The maximum atomic E-state index is 11.3. The average Bonchev–Trinajstić information content (AvgIpc) is 2.85. The molecule has 1 fully saturated rings. The van der Waals surface area contributed by atoms with Gasteiger partial charge in [0.05, 0.1) is 18.4 Å². The summed E-state index contributed by atoms with van der Waals surface area (Å²) in [5.41, 5.74) is 0.874. The van der Waals surface area contributed by atoms with E-state index in [0.29, 0.717) is 12.6 Å². The number of anilines is 1. The number of carbonyl (C=O) groups is 1. The Hall–Kier alpha value is -1.52. The predicted molar refractivity (Wildman–Crippen MR) is 52.9 cm³/mol. The molecule has 1 aromatic heterocycles. The zero-order chi connectivity index (χ0) is 9.97. The fraction of sp³-hybridized carbons (Fsp3) is 0.556. The molecule has 0 bridgehead atoms. The van der Waals surface area contributed by atoms with Gasteiger partial charge in [-0.25, -0.2) is 0 Å². The molecule has 76 valence electrons. The Morgan fingerprint density at radius 3 is 3.07 bits per heavy atom. The average molecular weight is 194 g/mol. The third kappa shape index (κ3) is 2.48. The van der Waals surface area contributed by atoms with Crippen LogP contribution in [0.2, 0.25) is 0 Å². The normalized spacial score (nSPS) is 15.2. The maximum Gasteiger partial charge on any atom is 0.239 e. The highest BCUT2D eigenvalue weighted by Gasteiger charge is 2.22. The fourth-order valence-corrected chi connectivity index (χ4v) is 1.20. The summed E-state index contributed by atoms with van der Waals surface area (Å²) in [6.07, 6.45) is 5.78. The van der Waals surface area contributed by atoms with Gasteiger partial charge in [0.25, 0.3) is 0 Å². The number of amides is 1. The molecule has 0 radical (unpaired) electrons. The number of hydrogen-bond acceptors (Lipinski definition) is 3. The molecule has 0 unspecified atom stereocenters. The van der Waals surface area contributed by atoms with Crippen molar-refractivity contribution in [3.63, 3.8) is 0 Å². The summed E-state index contributed by atoms with van der Waals surface area (Å²) in [7, 11) is 1.84. The molecule has 2 N–H and O–H groups in total. The van der Waals surface area contributed by atoms with E-state index in [4.69, 9.17) is 0 Å². The minimum absolute atomic E-state index is 0.0522. The molecule has 0 spiro atoms. The van der Waals surface area contributed by atoms with Gasteiger partial charge >= 0.3 is 0 Å². The predicted octanol–water partition coefficient (Wildman–Crippen LogP) is 0.111. The summed E-state index contributed by atoms with van der Waals surface area (Å²) in [5.74, 6) is 0.0522. The Morgan fingerprint density at radius 2 is 2.50 bits per heavy atom. The minimum Gasteiger partial charge on any atom is -0.374 e. The second-order valence-corrected chi connectivity index (χ2v) is 3.60. The number of aromatic nitrogens is 2. The smallest absolute Gasteiger partial charge is 0.239 e. The van der Waals surface area contributed by atoms with Gasteiger partial charge in [-0.3, -0.25) is 9.48 Å². The van der Waals surface area contributed by atoms with E-state index in [9.17, 15) is 4.79 Å². The van der Waals surface area contributed by atoms with Crippen LogP contribution in [0.15, 0.2) is 12.4 Å². The first kappa shape index (κ1) is 9.05. The molecule has 0 aromatic carbocycles. The number of hydrogen-bond donors (Lipinski definition) is 2. The molecule has 1 heterocycles. The summed E-state index contributed by atoms with van der Waals surface area (Å²) in [4.78, 5) is 11.3. The van der Waals surface area contributed by atoms with Crippen molar-refractivity contribution >= 4 is 11.6 Å². The van der Waals surface area contributed by atoms with Crippen LogP contribution in [0, 0.1) is 0 Å². The molecule has 0 saturated heterocycles. The zero-order valence-electron chi connectivity index (χ0n) is 8.16. The lowest BCUT2D eigenvalue weighted by Gasteiger charge is -2.03. The Kier molecular flexibility index (Phi) is 2.39. The lowest BCUT2D eigenvalue weighted by molar-refractivity contribution is -0.119. The Balaban J connectivity index is 1.73. The Bertz CT molecular complexity index is 329. The van der Waals surface area contributed by atoms with Gasteiger partial charge in [0.2, 0.25) is 5.91 Å². The maximum absolute atomic E-state index is 11.3. The second kappa shape index (κ2) is 3.69. The third-order valence-corrected chi connectivity index (χ3v) is 2.10. The van der Waals surface area contributed by atoms with Crippen molar-refractivity contribution in [2.24, 2.45) is 7.05 Å². The monoisotopic (exact) mass is 194 g/mol. The van der Waals surface area contributed by atoms with E-state index >= 15 is 0 Å². The van der Waals surface area contributed by atoms with E-state index in [1.807, 2.05) is 13.2 Å². The molecule has 1 aliphatic rings. The molecule has 1 saturated carbocycles. The highest BCUT2D eigenvalue weighted by Crippen LogP contribution is 2.18. The molecule has 2 rings (SSSR count). The van der Waals surface area contributed by atoms with Gasteiger partial charge in [0, 0.05) is 19.3 Å². The van der Waals surface area contributed by atoms with Gasteiger partial charge in [-0.15, -0.1) is 0 Å². The quantitative estimate of drug-likeness (QED) is 0.715. The highest BCUT2D eigenvalue weighted by molar-refractivity contribution is 5.81. The summed E-state index contributed by atoms with van der Waals surface area (Å²) in [6.45, 7) is 0.322. The van der Waals surface area contributed by atoms with Gasteiger partial charge in [-0.1, -0.05) is 0 Å². The van der Waals surface area contributed by atoms with Crippen LogP contribution in [-0.4, -0.2) is 28.3 Å². The third-order valence-electron chi connectivity index (χ3n) is 2.10. The molecule has 1 aromatic rings. The number of carbonyl (C=O) groups excluding carboxylic acids is 1. The van der Waals surface area contributed by atoms with Gasteiger partial charge in [-0.2, -0.15) is 5.10 Å². The minimum atomic E-state index is 0.0522. The van der Waals surface area contributed by atoms with Crippen molar-refractivity contribution in [1.82, 2.24) is 15.1 Å². The first-order chi connectivity index (χ1) is 6.74. The van der Waals surface area contributed by atoms with Gasteiger partial charge < -0.3 is 10.6 Å². The SMILES string of the molecule is Cn1cc(NCC(=O)NC2CC2)cn1. The molecule has 5 heteroatoms. The van der Waals surface area contributed by atoms with Crippen LogP contribution in [0.3, 0.4) is 0 Å². The van der Waals surface area contributed by atoms with E-state index in [2.05, 4.69) is 15.7 Å². The molecule has 0 atom stereocenters. The van der Waals surface area contributed by atoms with Gasteiger partial charge in [0.1, 0.15) is 0 Å². The van der Waals surface area contributed by atoms with E-state index in [1.165, 1.54) is 0 Å². The van der Waals surface area contributed by atoms with Crippen LogP contribution in [0.5, 0.6) is 0 Å². The van der Waals surface area contributed by atoms with Crippen LogP contribution in [0.4, 0.5) is 5.69 Å². The van der Waals surface area contributed by atoms with Crippen molar-refractivity contribution in [3.8, 4) is 0 Å². The number of aryl methyl sites for hydroxylation is 1. The molecule has 1 amide bonds. The van der Waals surface area contributed by atoms with E-state index in [1.54, 1.807) is 10.9 Å².